The number of aromatic nitrogens is 2. The van der Waals surface area contributed by atoms with Gasteiger partial charge in [0.1, 0.15) is 0 Å². The number of halogens is 1. The smallest absolute Gasteiger partial charge is 0.227 e. The van der Waals surface area contributed by atoms with Crippen LogP contribution in [-0.4, -0.2) is 57.9 Å². The molecule has 7 nitrogen and oxygen atoms in total. The zero-order valence-corrected chi connectivity index (χ0v) is 15.4. The second kappa shape index (κ2) is 8.31. The van der Waals surface area contributed by atoms with Gasteiger partial charge in [-0.3, -0.25) is 9.59 Å². The summed E-state index contributed by atoms with van der Waals surface area (Å²) in [4.78, 5) is 32.0. The lowest BCUT2D eigenvalue weighted by molar-refractivity contribution is -0.139. The minimum atomic E-state index is 0.0415. The lowest BCUT2D eigenvalue weighted by atomic mass is 10.2. The van der Waals surface area contributed by atoms with E-state index in [1.54, 1.807) is 21.9 Å². The Morgan fingerprint density at radius 2 is 1.69 bits per heavy atom. The highest BCUT2D eigenvalue weighted by Gasteiger charge is 2.23. The zero-order valence-electron chi connectivity index (χ0n) is 14.7. The van der Waals surface area contributed by atoms with Crippen LogP contribution in [0.25, 0.3) is 11.4 Å². The van der Waals surface area contributed by atoms with Crippen molar-refractivity contribution in [2.75, 3.05) is 26.2 Å². The molecule has 2 aromatic rings. The number of aryl methyl sites for hydroxylation is 1. The van der Waals surface area contributed by atoms with Crippen LogP contribution in [0.3, 0.4) is 0 Å². The van der Waals surface area contributed by atoms with E-state index in [0.717, 1.165) is 5.56 Å². The standard InChI is InChI=1S/C18H21ClN4O3/c1-2-16(24)22-9-11-23(12-10-22)17(25)8-7-15-20-18(21-26-15)13-3-5-14(19)6-4-13/h3-6H,2,7-12H2,1H3. The Morgan fingerprint density at radius 1 is 1.08 bits per heavy atom. The topological polar surface area (TPSA) is 79.5 Å². The zero-order chi connectivity index (χ0) is 18.5. The second-order valence-electron chi connectivity index (χ2n) is 6.13. The molecule has 0 atom stereocenters. The van der Waals surface area contributed by atoms with E-state index >= 15 is 0 Å². The minimum Gasteiger partial charge on any atom is -0.339 e. The first-order valence-corrected chi connectivity index (χ1v) is 9.08. The average molecular weight is 377 g/mol. The fraction of sp³-hybridized carbons (Fsp3) is 0.444. The van der Waals surface area contributed by atoms with Gasteiger partial charge in [-0.25, -0.2) is 0 Å². The Labute approximate surface area is 156 Å². The van der Waals surface area contributed by atoms with E-state index in [2.05, 4.69) is 10.1 Å². The maximum atomic E-state index is 12.3. The first-order valence-electron chi connectivity index (χ1n) is 8.71. The largest absolute Gasteiger partial charge is 0.339 e. The van der Waals surface area contributed by atoms with Crippen molar-refractivity contribution < 1.29 is 14.1 Å². The molecule has 0 spiro atoms. The van der Waals surface area contributed by atoms with Crippen LogP contribution in [0.4, 0.5) is 0 Å². The van der Waals surface area contributed by atoms with E-state index < -0.39 is 0 Å². The van der Waals surface area contributed by atoms with Crippen molar-refractivity contribution in [3.05, 3.63) is 35.2 Å². The SMILES string of the molecule is CCC(=O)N1CCN(C(=O)CCc2nc(-c3ccc(Cl)cc3)no2)CC1. The van der Waals surface area contributed by atoms with Gasteiger partial charge >= 0.3 is 0 Å². The van der Waals surface area contributed by atoms with E-state index in [-0.39, 0.29) is 11.8 Å². The van der Waals surface area contributed by atoms with E-state index in [1.807, 2.05) is 19.1 Å². The molecule has 138 valence electrons. The normalized spacial score (nSPS) is 14.5. The van der Waals surface area contributed by atoms with Gasteiger partial charge in [-0.05, 0) is 24.3 Å². The number of amides is 2. The molecule has 8 heteroatoms. The lowest BCUT2D eigenvalue weighted by Crippen LogP contribution is -2.50. The molecule has 2 amide bonds. The summed E-state index contributed by atoms with van der Waals surface area (Å²) in [6, 6.07) is 7.16. The molecule has 1 aliphatic heterocycles. The molecular weight excluding hydrogens is 356 g/mol. The molecule has 1 aromatic heterocycles. The quantitative estimate of drug-likeness (QED) is 0.800. The first-order chi connectivity index (χ1) is 12.6. The van der Waals surface area contributed by atoms with Crippen LogP contribution in [0.5, 0.6) is 0 Å². The van der Waals surface area contributed by atoms with E-state index in [4.69, 9.17) is 16.1 Å². The predicted octanol–water partition coefficient (Wildman–Crippen LogP) is 2.40. The summed E-state index contributed by atoms with van der Waals surface area (Å²) in [7, 11) is 0. The molecular formula is C18H21ClN4O3. The fourth-order valence-corrected chi connectivity index (χ4v) is 3.00. The molecule has 26 heavy (non-hydrogen) atoms. The molecule has 0 N–H and O–H groups in total. The van der Waals surface area contributed by atoms with Crippen molar-refractivity contribution in [2.24, 2.45) is 0 Å². The van der Waals surface area contributed by atoms with Gasteiger partial charge in [0.2, 0.25) is 23.5 Å². The Hall–Kier alpha value is -2.41. The predicted molar refractivity (Wildman–Crippen MR) is 96.5 cm³/mol. The number of carbonyl (C=O) groups is 2. The summed E-state index contributed by atoms with van der Waals surface area (Å²) in [6.07, 6.45) is 1.21. The van der Waals surface area contributed by atoms with E-state index in [1.165, 1.54) is 0 Å². The highest BCUT2D eigenvalue weighted by Crippen LogP contribution is 2.19. The molecule has 1 saturated heterocycles. The third-order valence-electron chi connectivity index (χ3n) is 4.41. The summed E-state index contributed by atoms with van der Waals surface area (Å²) in [6.45, 7) is 4.19. The summed E-state index contributed by atoms with van der Waals surface area (Å²) in [5.74, 6) is 1.09. The monoisotopic (exact) mass is 376 g/mol. The Kier molecular flexibility index (Phi) is 5.88. The third kappa shape index (κ3) is 4.40. The summed E-state index contributed by atoms with van der Waals surface area (Å²) in [5, 5.41) is 4.59. The summed E-state index contributed by atoms with van der Waals surface area (Å²) in [5.41, 5.74) is 0.812. The van der Waals surface area contributed by atoms with Gasteiger partial charge in [0, 0.05) is 56.0 Å². The summed E-state index contributed by atoms with van der Waals surface area (Å²) >= 11 is 5.87. The van der Waals surface area contributed by atoms with Crippen LogP contribution in [0.2, 0.25) is 5.02 Å². The van der Waals surface area contributed by atoms with Crippen LogP contribution in [0.15, 0.2) is 28.8 Å². The molecule has 0 aliphatic carbocycles. The van der Waals surface area contributed by atoms with Crippen molar-refractivity contribution >= 4 is 23.4 Å². The van der Waals surface area contributed by atoms with E-state index in [0.29, 0.717) is 62.2 Å². The lowest BCUT2D eigenvalue weighted by Gasteiger charge is -2.34. The van der Waals surface area contributed by atoms with Gasteiger partial charge in [-0.1, -0.05) is 23.7 Å². The second-order valence-corrected chi connectivity index (χ2v) is 6.57. The number of hydrogen-bond acceptors (Lipinski definition) is 5. The highest BCUT2D eigenvalue weighted by molar-refractivity contribution is 6.30. The highest BCUT2D eigenvalue weighted by atomic mass is 35.5. The van der Waals surface area contributed by atoms with Crippen LogP contribution >= 0.6 is 11.6 Å². The summed E-state index contributed by atoms with van der Waals surface area (Å²) < 4.78 is 5.23. The molecule has 0 bridgehead atoms. The maximum absolute atomic E-state index is 12.3. The molecule has 0 saturated carbocycles. The van der Waals surface area contributed by atoms with Crippen molar-refractivity contribution in [1.82, 2.24) is 19.9 Å². The molecule has 2 heterocycles. The number of benzene rings is 1. The Balaban J connectivity index is 1.49. The number of nitrogens with zero attached hydrogens (tertiary/aromatic N) is 4. The van der Waals surface area contributed by atoms with Crippen LogP contribution in [0, 0.1) is 0 Å². The van der Waals surface area contributed by atoms with Gasteiger partial charge < -0.3 is 14.3 Å². The van der Waals surface area contributed by atoms with Gasteiger partial charge in [0.05, 0.1) is 0 Å². The van der Waals surface area contributed by atoms with Crippen molar-refractivity contribution in [3.63, 3.8) is 0 Å². The number of carbonyl (C=O) groups excluding carboxylic acids is 2. The van der Waals surface area contributed by atoms with Crippen molar-refractivity contribution in [2.45, 2.75) is 26.2 Å². The third-order valence-corrected chi connectivity index (χ3v) is 4.66. The number of rotatable bonds is 5. The van der Waals surface area contributed by atoms with Gasteiger partial charge in [0.15, 0.2) is 0 Å². The Morgan fingerprint density at radius 3 is 2.31 bits per heavy atom. The molecule has 0 unspecified atom stereocenters. The molecule has 1 aliphatic rings. The van der Waals surface area contributed by atoms with Crippen LogP contribution < -0.4 is 0 Å². The van der Waals surface area contributed by atoms with E-state index in [9.17, 15) is 9.59 Å². The average Bonchev–Trinajstić information content (AvgIpc) is 3.15. The molecule has 1 fully saturated rings. The first kappa shape index (κ1) is 18.4. The Bertz CT molecular complexity index is 767. The van der Waals surface area contributed by atoms with Crippen LogP contribution in [-0.2, 0) is 16.0 Å². The van der Waals surface area contributed by atoms with Crippen LogP contribution in [0.1, 0.15) is 25.7 Å². The van der Waals surface area contributed by atoms with Gasteiger partial charge in [0.25, 0.3) is 0 Å². The number of piperazine rings is 1. The maximum Gasteiger partial charge on any atom is 0.227 e. The van der Waals surface area contributed by atoms with Gasteiger partial charge in [-0.15, -0.1) is 0 Å². The number of hydrogen-bond donors (Lipinski definition) is 0. The van der Waals surface area contributed by atoms with Crippen molar-refractivity contribution in [3.8, 4) is 11.4 Å². The van der Waals surface area contributed by atoms with Gasteiger partial charge in [-0.2, -0.15) is 4.98 Å². The minimum absolute atomic E-state index is 0.0415. The molecule has 0 radical (unpaired) electrons. The fourth-order valence-electron chi connectivity index (χ4n) is 2.87. The molecule has 3 rings (SSSR count). The van der Waals surface area contributed by atoms with Crippen molar-refractivity contribution in [1.29, 1.82) is 0 Å². The molecule has 1 aromatic carbocycles.